The van der Waals surface area contributed by atoms with Crippen molar-refractivity contribution in [1.29, 1.82) is 0 Å². The summed E-state index contributed by atoms with van der Waals surface area (Å²) in [5, 5.41) is 0. The van der Waals surface area contributed by atoms with Crippen molar-refractivity contribution >= 4 is 17.9 Å². The number of methoxy groups -OCH3 is 1. The Hall–Kier alpha value is -2.43. The lowest BCUT2D eigenvalue weighted by Gasteiger charge is -2.05. The maximum Gasteiger partial charge on any atom is 0.346 e. The molecule has 0 bridgehead atoms. The fraction of sp³-hybridized carbons (Fsp3) is 0.0833. The van der Waals surface area contributed by atoms with Crippen LogP contribution in [0.2, 0.25) is 0 Å². The number of carbonyl (C=O) groups excluding carboxylic acids is 3. The Morgan fingerprint density at radius 3 is 2.12 bits per heavy atom. The molecule has 0 aromatic heterocycles. The first-order valence-corrected chi connectivity index (χ1v) is 4.66. The van der Waals surface area contributed by atoms with Crippen molar-refractivity contribution < 1.29 is 23.9 Å². The first kappa shape index (κ1) is 12.6. The molecule has 0 aliphatic carbocycles. The van der Waals surface area contributed by atoms with Gasteiger partial charge in [0.15, 0.2) is 0 Å². The summed E-state index contributed by atoms with van der Waals surface area (Å²) in [7, 11) is 1.19. The van der Waals surface area contributed by atoms with Gasteiger partial charge in [-0.05, 0) is 12.1 Å². The Kier molecular flexibility index (Phi) is 4.16. The Bertz CT molecular complexity index is 476. The van der Waals surface area contributed by atoms with Gasteiger partial charge >= 0.3 is 17.9 Å². The summed E-state index contributed by atoms with van der Waals surface area (Å²) in [6.45, 7) is 3.16. The quantitative estimate of drug-likeness (QED) is 0.448. The van der Waals surface area contributed by atoms with Gasteiger partial charge in [-0.1, -0.05) is 18.7 Å². The largest absolute Gasteiger partial charge is 0.465 e. The third-order valence-corrected chi connectivity index (χ3v) is 1.91. The van der Waals surface area contributed by atoms with E-state index in [1.807, 2.05) is 0 Å². The molecule has 88 valence electrons. The second kappa shape index (κ2) is 5.60. The van der Waals surface area contributed by atoms with Gasteiger partial charge in [0.05, 0.1) is 18.2 Å². The summed E-state index contributed by atoms with van der Waals surface area (Å²) < 4.78 is 8.92. The van der Waals surface area contributed by atoms with Crippen molar-refractivity contribution in [2.75, 3.05) is 7.11 Å². The Balaban J connectivity index is 3.05. The minimum absolute atomic E-state index is 0.0328. The Morgan fingerprint density at radius 2 is 1.65 bits per heavy atom. The van der Waals surface area contributed by atoms with Crippen LogP contribution in [0.3, 0.4) is 0 Å². The highest BCUT2D eigenvalue weighted by atomic mass is 16.6. The van der Waals surface area contributed by atoms with Crippen molar-refractivity contribution in [1.82, 2.24) is 0 Å². The molecule has 0 unspecified atom stereocenters. The van der Waals surface area contributed by atoms with E-state index < -0.39 is 17.9 Å². The molecule has 0 saturated carbocycles. The molecule has 0 aliphatic rings. The number of hydrogen-bond donors (Lipinski definition) is 0. The number of hydrogen-bond acceptors (Lipinski definition) is 5. The van der Waals surface area contributed by atoms with Crippen LogP contribution in [0.25, 0.3) is 0 Å². The third kappa shape index (κ3) is 3.01. The van der Waals surface area contributed by atoms with Crippen molar-refractivity contribution in [2.45, 2.75) is 0 Å². The first-order chi connectivity index (χ1) is 8.10. The normalized spacial score (nSPS) is 9.24. The minimum atomic E-state index is -0.920. The van der Waals surface area contributed by atoms with Crippen molar-refractivity contribution in [3.8, 4) is 0 Å². The zero-order valence-corrected chi connectivity index (χ0v) is 9.14. The van der Waals surface area contributed by atoms with E-state index in [0.717, 1.165) is 6.08 Å². The summed E-state index contributed by atoms with van der Waals surface area (Å²) in [6.07, 6.45) is 0.860. The molecule has 0 aliphatic heterocycles. The zero-order chi connectivity index (χ0) is 12.8. The number of carbonyl (C=O) groups is 3. The van der Waals surface area contributed by atoms with E-state index in [1.54, 1.807) is 12.1 Å². The lowest BCUT2D eigenvalue weighted by atomic mass is 10.1. The molecule has 1 rings (SSSR count). The first-order valence-electron chi connectivity index (χ1n) is 4.66. The lowest BCUT2D eigenvalue weighted by Crippen LogP contribution is -2.15. The summed E-state index contributed by atoms with van der Waals surface area (Å²) >= 11 is 0. The van der Waals surface area contributed by atoms with Gasteiger partial charge in [0.2, 0.25) is 0 Å². The van der Waals surface area contributed by atoms with Crippen LogP contribution in [-0.2, 0) is 14.3 Å². The number of rotatable bonds is 3. The van der Waals surface area contributed by atoms with E-state index in [0.29, 0.717) is 0 Å². The molecule has 0 fully saturated rings. The molecule has 1 aromatic rings. The lowest BCUT2D eigenvalue weighted by molar-refractivity contribution is -0.132. The van der Waals surface area contributed by atoms with Gasteiger partial charge in [-0.3, -0.25) is 0 Å². The molecule has 0 spiro atoms. The number of esters is 3. The van der Waals surface area contributed by atoms with Crippen molar-refractivity contribution in [3.63, 3.8) is 0 Å². The van der Waals surface area contributed by atoms with Crippen LogP contribution in [0.5, 0.6) is 0 Å². The highest BCUT2D eigenvalue weighted by Gasteiger charge is 2.19. The van der Waals surface area contributed by atoms with E-state index in [1.165, 1.54) is 19.2 Å². The Morgan fingerprint density at radius 1 is 1.12 bits per heavy atom. The van der Waals surface area contributed by atoms with Crippen LogP contribution in [-0.4, -0.2) is 25.0 Å². The molecule has 1 aromatic carbocycles. The van der Waals surface area contributed by atoms with Gasteiger partial charge in [0.1, 0.15) is 0 Å². The maximum absolute atomic E-state index is 11.6. The number of ether oxygens (including phenoxy) is 2. The van der Waals surface area contributed by atoms with E-state index in [4.69, 9.17) is 0 Å². The van der Waals surface area contributed by atoms with Crippen LogP contribution >= 0.6 is 0 Å². The summed E-state index contributed by atoms with van der Waals surface area (Å²) in [5.74, 6) is -2.48. The van der Waals surface area contributed by atoms with Gasteiger partial charge < -0.3 is 9.47 Å². The molecule has 0 N–H and O–H groups in total. The molecule has 17 heavy (non-hydrogen) atoms. The molecular formula is C12H10O5. The Labute approximate surface area is 97.6 Å². The zero-order valence-electron chi connectivity index (χ0n) is 9.14. The van der Waals surface area contributed by atoms with Crippen LogP contribution in [0.4, 0.5) is 0 Å². The van der Waals surface area contributed by atoms with Crippen molar-refractivity contribution in [2.24, 2.45) is 0 Å². The van der Waals surface area contributed by atoms with Crippen LogP contribution in [0.1, 0.15) is 20.7 Å². The fourth-order valence-corrected chi connectivity index (χ4v) is 1.14. The molecule has 0 heterocycles. The average Bonchev–Trinajstić information content (AvgIpc) is 2.37. The molecule has 0 radical (unpaired) electrons. The fourth-order valence-electron chi connectivity index (χ4n) is 1.14. The predicted molar refractivity (Wildman–Crippen MR) is 58.4 cm³/mol. The van der Waals surface area contributed by atoms with Crippen LogP contribution in [0.15, 0.2) is 36.9 Å². The van der Waals surface area contributed by atoms with Gasteiger partial charge in [0.25, 0.3) is 0 Å². The third-order valence-electron chi connectivity index (χ3n) is 1.91. The minimum Gasteiger partial charge on any atom is -0.465 e. The molecule has 0 saturated heterocycles. The summed E-state index contributed by atoms with van der Waals surface area (Å²) in [6, 6.07) is 5.88. The predicted octanol–water partition coefficient (Wildman–Crippen LogP) is 1.34. The van der Waals surface area contributed by atoms with Gasteiger partial charge in [-0.15, -0.1) is 0 Å². The maximum atomic E-state index is 11.6. The molecule has 5 nitrogen and oxygen atoms in total. The van der Waals surface area contributed by atoms with Gasteiger partial charge in [-0.2, -0.15) is 0 Å². The highest BCUT2D eigenvalue weighted by molar-refractivity contribution is 6.06. The smallest absolute Gasteiger partial charge is 0.346 e. The second-order valence-corrected chi connectivity index (χ2v) is 2.95. The van der Waals surface area contributed by atoms with E-state index in [-0.39, 0.29) is 11.1 Å². The van der Waals surface area contributed by atoms with Gasteiger partial charge in [-0.25, -0.2) is 14.4 Å². The summed E-state index contributed by atoms with van der Waals surface area (Å²) in [5.41, 5.74) is 0.00594. The highest BCUT2D eigenvalue weighted by Crippen LogP contribution is 2.11. The second-order valence-electron chi connectivity index (χ2n) is 2.95. The van der Waals surface area contributed by atoms with E-state index in [9.17, 15) is 14.4 Å². The summed E-state index contributed by atoms with van der Waals surface area (Å²) in [4.78, 5) is 33.8. The monoisotopic (exact) mass is 234 g/mol. The van der Waals surface area contributed by atoms with Crippen LogP contribution < -0.4 is 0 Å². The number of benzene rings is 1. The SMILES string of the molecule is C=CC(=O)OC(=O)c1ccccc1C(=O)OC. The molecule has 0 amide bonds. The van der Waals surface area contributed by atoms with Crippen LogP contribution in [0, 0.1) is 0 Å². The van der Waals surface area contributed by atoms with Crippen molar-refractivity contribution in [3.05, 3.63) is 48.0 Å². The molecule has 0 atom stereocenters. The topological polar surface area (TPSA) is 69.7 Å². The van der Waals surface area contributed by atoms with E-state index in [2.05, 4.69) is 16.1 Å². The standard InChI is InChI=1S/C12H10O5/c1-3-10(13)17-12(15)9-7-5-4-6-8(9)11(14)16-2/h3-7H,1H2,2H3. The molecule has 5 heteroatoms. The average molecular weight is 234 g/mol. The molecular weight excluding hydrogens is 224 g/mol. The van der Waals surface area contributed by atoms with E-state index >= 15 is 0 Å². The van der Waals surface area contributed by atoms with Gasteiger partial charge in [0, 0.05) is 6.08 Å².